The van der Waals surface area contributed by atoms with Crippen LogP contribution in [0.2, 0.25) is 0 Å². The Labute approximate surface area is 157 Å². The van der Waals surface area contributed by atoms with E-state index in [0.717, 1.165) is 19.4 Å². The molecule has 4 atom stereocenters. The number of rotatable bonds is 4. The second kappa shape index (κ2) is 6.64. The van der Waals surface area contributed by atoms with Crippen molar-refractivity contribution in [1.29, 1.82) is 5.26 Å². The van der Waals surface area contributed by atoms with Crippen molar-refractivity contribution < 1.29 is 4.79 Å². The Bertz CT molecular complexity index is 899. The normalized spacial score (nSPS) is 26.3. The van der Waals surface area contributed by atoms with Gasteiger partial charge in [0, 0.05) is 29.4 Å². The van der Waals surface area contributed by atoms with Crippen molar-refractivity contribution in [3.8, 4) is 6.07 Å². The van der Waals surface area contributed by atoms with Gasteiger partial charge in [0.25, 0.3) is 0 Å². The van der Waals surface area contributed by atoms with E-state index in [1.807, 2.05) is 0 Å². The standard InChI is InChI=1S/C20H24N4OS/c1-24-10-11(6-12(9-21)19(22)25)7-14-13-4-3-5-16-18(13)15(8-17(14)24)20(23-16)26-2/h3-5,11-12,14,17,23H,6-8,10H2,1-2H3,(H2,22,25)/t11-,12?,14?,17-/m1/s1. The number of nitrogens with zero attached hydrogens (tertiary/aromatic N) is 2. The summed E-state index contributed by atoms with van der Waals surface area (Å²) in [6.45, 7) is 0.914. The first-order valence-corrected chi connectivity index (χ1v) is 10.3. The molecule has 0 bridgehead atoms. The largest absolute Gasteiger partial charge is 0.369 e. The molecular weight excluding hydrogens is 344 g/mol. The lowest BCUT2D eigenvalue weighted by Crippen LogP contribution is -2.48. The third kappa shape index (κ3) is 2.70. The van der Waals surface area contributed by atoms with Gasteiger partial charge < -0.3 is 15.6 Å². The van der Waals surface area contributed by atoms with Crippen LogP contribution in [-0.4, -0.2) is 41.7 Å². The summed E-state index contributed by atoms with van der Waals surface area (Å²) < 4.78 is 0. The number of piperidine rings is 1. The second-order valence-corrected chi connectivity index (χ2v) is 8.46. The van der Waals surface area contributed by atoms with Crippen molar-refractivity contribution in [2.75, 3.05) is 19.8 Å². The van der Waals surface area contributed by atoms with Gasteiger partial charge in [-0.3, -0.25) is 4.79 Å². The number of H-pyrrole nitrogens is 1. The number of hydrogen-bond donors (Lipinski definition) is 2. The number of thioether (sulfide) groups is 1. The molecule has 3 N–H and O–H groups in total. The fourth-order valence-corrected chi connectivity index (χ4v) is 5.66. The van der Waals surface area contributed by atoms with Gasteiger partial charge in [0.1, 0.15) is 5.92 Å². The van der Waals surface area contributed by atoms with E-state index in [1.165, 1.54) is 27.1 Å². The molecule has 6 heteroatoms. The van der Waals surface area contributed by atoms with E-state index in [4.69, 9.17) is 5.73 Å². The number of carbonyl (C=O) groups excluding carboxylic acids is 1. The van der Waals surface area contributed by atoms with Crippen molar-refractivity contribution in [2.24, 2.45) is 17.6 Å². The van der Waals surface area contributed by atoms with Crippen molar-refractivity contribution in [2.45, 2.75) is 36.2 Å². The smallest absolute Gasteiger partial charge is 0.234 e. The Morgan fingerprint density at radius 3 is 3.04 bits per heavy atom. The second-order valence-electron chi connectivity index (χ2n) is 7.65. The Kier molecular flexibility index (Phi) is 4.45. The van der Waals surface area contributed by atoms with Crippen molar-refractivity contribution in [3.63, 3.8) is 0 Å². The van der Waals surface area contributed by atoms with Gasteiger partial charge in [-0.15, -0.1) is 11.8 Å². The van der Waals surface area contributed by atoms with Crippen LogP contribution in [0.25, 0.3) is 10.9 Å². The highest BCUT2D eigenvalue weighted by molar-refractivity contribution is 7.98. The van der Waals surface area contributed by atoms with Gasteiger partial charge in [-0.2, -0.15) is 5.26 Å². The number of hydrogen-bond acceptors (Lipinski definition) is 4. The molecule has 5 nitrogen and oxygen atoms in total. The van der Waals surface area contributed by atoms with Crippen LogP contribution in [0.4, 0.5) is 0 Å². The first-order chi connectivity index (χ1) is 12.5. The Balaban J connectivity index is 1.70. The molecule has 1 aliphatic carbocycles. The third-order valence-electron chi connectivity index (χ3n) is 6.17. The van der Waals surface area contributed by atoms with Gasteiger partial charge in [-0.25, -0.2) is 0 Å². The van der Waals surface area contributed by atoms with Crippen LogP contribution in [0.3, 0.4) is 0 Å². The number of benzene rings is 1. The van der Waals surface area contributed by atoms with E-state index in [9.17, 15) is 10.1 Å². The monoisotopic (exact) mass is 368 g/mol. The van der Waals surface area contributed by atoms with Gasteiger partial charge in [-0.05, 0) is 55.7 Å². The number of nitriles is 1. The van der Waals surface area contributed by atoms with Crippen LogP contribution >= 0.6 is 11.8 Å². The van der Waals surface area contributed by atoms with E-state index in [-0.39, 0.29) is 0 Å². The van der Waals surface area contributed by atoms with E-state index in [1.54, 1.807) is 11.8 Å². The predicted molar refractivity (Wildman–Crippen MR) is 104 cm³/mol. The minimum absolute atomic E-state index is 0.314. The maximum Gasteiger partial charge on any atom is 0.234 e. The lowest BCUT2D eigenvalue weighted by Gasteiger charge is -2.46. The molecule has 2 heterocycles. The van der Waals surface area contributed by atoms with Gasteiger partial charge in [0.15, 0.2) is 0 Å². The summed E-state index contributed by atoms with van der Waals surface area (Å²) in [5, 5.41) is 11.9. The highest BCUT2D eigenvalue weighted by atomic mass is 32.2. The summed E-state index contributed by atoms with van der Waals surface area (Å²) in [5.74, 6) is -0.433. The number of amides is 1. The number of likely N-dealkylation sites (N-methyl/N-ethyl adjacent to an activating group) is 1. The molecule has 0 spiro atoms. The number of fused-ring (bicyclic) bond motifs is 2. The number of aromatic amines is 1. The SMILES string of the molecule is CSc1[nH]c2cccc3c2c1C[C@@H]1C3C[C@@H](CC(C#N)C(N)=O)CN1C. The van der Waals surface area contributed by atoms with Crippen LogP contribution in [0.1, 0.15) is 29.9 Å². The molecule has 2 unspecified atom stereocenters. The van der Waals surface area contributed by atoms with Crippen LogP contribution < -0.4 is 5.73 Å². The molecule has 4 rings (SSSR count). The number of nitrogens with one attached hydrogen (secondary N) is 1. The molecular formula is C20H24N4OS. The predicted octanol–water partition coefficient (Wildman–Crippen LogP) is 2.86. The molecule has 2 aliphatic rings. The number of primary amides is 1. The van der Waals surface area contributed by atoms with Gasteiger partial charge in [0.2, 0.25) is 5.91 Å². The number of carbonyl (C=O) groups is 1. The maximum atomic E-state index is 11.5. The van der Waals surface area contributed by atoms with Crippen LogP contribution in [-0.2, 0) is 11.2 Å². The summed E-state index contributed by atoms with van der Waals surface area (Å²) >= 11 is 1.78. The van der Waals surface area contributed by atoms with Crippen LogP contribution in [0.5, 0.6) is 0 Å². The molecule has 1 aliphatic heterocycles. The van der Waals surface area contributed by atoms with E-state index in [0.29, 0.717) is 24.3 Å². The Morgan fingerprint density at radius 1 is 1.54 bits per heavy atom. The molecule has 0 radical (unpaired) electrons. The zero-order chi connectivity index (χ0) is 18.4. The third-order valence-corrected chi connectivity index (χ3v) is 6.93. The summed E-state index contributed by atoms with van der Waals surface area (Å²) in [7, 11) is 2.17. The minimum atomic E-state index is -0.685. The molecule has 136 valence electrons. The topological polar surface area (TPSA) is 85.9 Å². The fraction of sp³-hybridized carbons (Fsp3) is 0.500. The average molecular weight is 369 g/mol. The van der Waals surface area contributed by atoms with Crippen molar-refractivity contribution >= 4 is 28.6 Å². The zero-order valence-electron chi connectivity index (χ0n) is 15.2. The van der Waals surface area contributed by atoms with E-state index in [2.05, 4.69) is 47.5 Å². The molecule has 26 heavy (non-hydrogen) atoms. The summed E-state index contributed by atoms with van der Waals surface area (Å²) in [4.78, 5) is 17.5. The highest BCUT2D eigenvalue weighted by Crippen LogP contribution is 2.47. The summed E-state index contributed by atoms with van der Waals surface area (Å²) in [6, 6.07) is 9.10. The quantitative estimate of drug-likeness (QED) is 0.813. The Morgan fingerprint density at radius 2 is 2.35 bits per heavy atom. The molecule has 0 saturated carbocycles. The van der Waals surface area contributed by atoms with Crippen LogP contribution in [0.15, 0.2) is 23.2 Å². The lowest BCUT2D eigenvalue weighted by atomic mass is 9.71. The first-order valence-electron chi connectivity index (χ1n) is 9.10. The van der Waals surface area contributed by atoms with E-state index >= 15 is 0 Å². The van der Waals surface area contributed by atoms with E-state index < -0.39 is 11.8 Å². The zero-order valence-corrected chi connectivity index (χ0v) is 16.0. The van der Waals surface area contributed by atoms with Gasteiger partial charge in [-0.1, -0.05) is 12.1 Å². The molecule has 2 aromatic rings. The fourth-order valence-electron chi connectivity index (χ4n) is 5.02. The maximum absolute atomic E-state index is 11.5. The average Bonchev–Trinajstić information content (AvgIpc) is 2.99. The van der Waals surface area contributed by atoms with Gasteiger partial charge in [0.05, 0.1) is 11.1 Å². The first kappa shape index (κ1) is 17.4. The van der Waals surface area contributed by atoms with Crippen molar-refractivity contribution in [3.05, 3.63) is 29.3 Å². The summed E-state index contributed by atoms with van der Waals surface area (Å²) in [6.07, 6.45) is 4.75. The van der Waals surface area contributed by atoms with Gasteiger partial charge >= 0.3 is 0 Å². The number of likely N-dealkylation sites (tertiary alicyclic amines) is 1. The molecule has 1 amide bonds. The highest BCUT2D eigenvalue weighted by Gasteiger charge is 2.41. The Hall–Kier alpha value is -1.97. The van der Waals surface area contributed by atoms with Crippen molar-refractivity contribution in [1.82, 2.24) is 9.88 Å². The van der Waals surface area contributed by atoms with Crippen LogP contribution in [0, 0.1) is 23.2 Å². The number of nitrogens with two attached hydrogens (primary N) is 1. The molecule has 1 aromatic heterocycles. The molecule has 1 aromatic carbocycles. The number of aromatic nitrogens is 1. The molecule has 1 saturated heterocycles. The minimum Gasteiger partial charge on any atom is -0.369 e. The summed E-state index contributed by atoms with van der Waals surface area (Å²) in [5.41, 5.74) is 9.47. The lowest BCUT2D eigenvalue weighted by molar-refractivity contribution is -0.120. The molecule has 1 fully saturated rings.